The lowest BCUT2D eigenvalue weighted by Crippen LogP contribution is -2.33. The molecule has 0 saturated carbocycles. The topological polar surface area (TPSA) is 72.2 Å². The fraction of sp³-hybridized carbons (Fsp3) is 0.333. The summed E-state index contributed by atoms with van der Waals surface area (Å²) in [5.74, 6) is 0. The van der Waals surface area contributed by atoms with E-state index in [1.54, 1.807) is 0 Å². The third-order valence-electron chi connectivity index (χ3n) is 1.20. The van der Waals surface area contributed by atoms with Gasteiger partial charge in [0.25, 0.3) is 0 Å². The van der Waals surface area contributed by atoms with Gasteiger partial charge in [-0.3, -0.25) is 9.59 Å². The van der Waals surface area contributed by atoms with Crippen molar-refractivity contribution in [2.45, 2.75) is 0 Å². The van der Waals surface area contributed by atoms with Crippen LogP contribution >= 0.6 is 0 Å². The standard InChI is InChI=1S/C6H8N2O2/c7-1-2-8-4-3-5(9)6(4)10/h3,8H,1-2,7H2. The van der Waals surface area contributed by atoms with Crippen LogP contribution in [0.4, 0.5) is 5.69 Å². The van der Waals surface area contributed by atoms with E-state index in [0.29, 0.717) is 18.8 Å². The summed E-state index contributed by atoms with van der Waals surface area (Å²) < 4.78 is 0. The Kier molecular flexibility index (Phi) is 1.82. The Labute approximate surface area is 57.4 Å². The SMILES string of the molecule is NCCNc1cc(=O)c1=O. The molecule has 1 aromatic carbocycles. The first-order valence-corrected chi connectivity index (χ1v) is 3.00. The number of rotatable bonds is 3. The predicted molar refractivity (Wildman–Crippen MR) is 38.9 cm³/mol. The molecule has 0 aromatic heterocycles. The van der Waals surface area contributed by atoms with Crippen LogP contribution in [-0.4, -0.2) is 13.1 Å². The van der Waals surface area contributed by atoms with E-state index in [-0.39, 0.29) is 0 Å². The van der Waals surface area contributed by atoms with Gasteiger partial charge >= 0.3 is 0 Å². The fourth-order valence-corrected chi connectivity index (χ4v) is 0.655. The van der Waals surface area contributed by atoms with Gasteiger partial charge in [0, 0.05) is 19.2 Å². The molecule has 0 spiro atoms. The van der Waals surface area contributed by atoms with Crippen molar-refractivity contribution in [3.63, 3.8) is 0 Å². The minimum atomic E-state index is -0.437. The monoisotopic (exact) mass is 140 g/mol. The van der Waals surface area contributed by atoms with Crippen molar-refractivity contribution in [2.24, 2.45) is 5.73 Å². The van der Waals surface area contributed by atoms with Crippen LogP contribution in [0.1, 0.15) is 0 Å². The second-order valence-electron chi connectivity index (χ2n) is 1.97. The lowest BCUT2D eigenvalue weighted by Gasteiger charge is -2.02. The highest BCUT2D eigenvalue weighted by Crippen LogP contribution is 1.92. The highest BCUT2D eigenvalue weighted by atomic mass is 16.2. The van der Waals surface area contributed by atoms with Crippen molar-refractivity contribution in [3.05, 3.63) is 26.5 Å². The first-order chi connectivity index (χ1) is 4.75. The summed E-state index contributed by atoms with van der Waals surface area (Å²) >= 11 is 0. The number of hydrogen-bond acceptors (Lipinski definition) is 4. The molecule has 0 saturated heterocycles. The normalized spacial score (nSPS) is 10.1. The van der Waals surface area contributed by atoms with Crippen molar-refractivity contribution in [3.8, 4) is 0 Å². The predicted octanol–water partition coefficient (Wildman–Crippen LogP) is -1.35. The molecule has 0 aliphatic carbocycles. The molecule has 1 rings (SSSR count). The lowest BCUT2D eigenvalue weighted by molar-refractivity contribution is 1.02. The van der Waals surface area contributed by atoms with E-state index in [1.807, 2.05) is 0 Å². The maximum absolute atomic E-state index is 10.5. The summed E-state index contributed by atoms with van der Waals surface area (Å²) in [5.41, 5.74) is 4.67. The smallest absolute Gasteiger partial charge is 0.248 e. The molecule has 54 valence electrons. The van der Waals surface area contributed by atoms with E-state index in [9.17, 15) is 9.59 Å². The van der Waals surface area contributed by atoms with Crippen LogP contribution in [0.15, 0.2) is 15.7 Å². The molecule has 0 radical (unpaired) electrons. The van der Waals surface area contributed by atoms with Crippen molar-refractivity contribution in [1.29, 1.82) is 0 Å². The molecule has 10 heavy (non-hydrogen) atoms. The summed E-state index contributed by atoms with van der Waals surface area (Å²) in [6, 6.07) is 1.28. The molecule has 0 bridgehead atoms. The Morgan fingerprint density at radius 1 is 1.50 bits per heavy atom. The van der Waals surface area contributed by atoms with E-state index in [0.717, 1.165) is 0 Å². The maximum Gasteiger partial charge on any atom is 0.248 e. The first-order valence-electron chi connectivity index (χ1n) is 3.00. The average Bonchev–Trinajstić information content (AvgIpc) is 1.97. The summed E-state index contributed by atoms with van der Waals surface area (Å²) in [6.45, 7) is 0.990. The largest absolute Gasteiger partial charge is 0.380 e. The van der Waals surface area contributed by atoms with Gasteiger partial charge in [0.05, 0.1) is 5.69 Å². The minimum absolute atomic E-state index is 0.385. The van der Waals surface area contributed by atoms with Crippen LogP contribution in [0, 0.1) is 0 Å². The zero-order chi connectivity index (χ0) is 7.56. The Morgan fingerprint density at radius 3 is 2.60 bits per heavy atom. The highest BCUT2D eigenvalue weighted by Gasteiger charge is 2.06. The average molecular weight is 140 g/mol. The van der Waals surface area contributed by atoms with Crippen LogP contribution in [0.2, 0.25) is 0 Å². The number of anilines is 1. The molecule has 4 nitrogen and oxygen atoms in total. The fourth-order valence-electron chi connectivity index (χ4n) is 0.655. The van der Waals surface area contributed by atoms with E-state index in [1.165, 1.54) is 6.07 Å². The van der Waals surface area contributed by atoms with Gasteiger partial charge in [-0.25, -0.2) is 0 Å². The molecular formula is C6H8N2O2. The summed E-state index contributed by atoms with van der Waals surface area (Å²) in [5, 5.41) is 2.71. The van der Waals surface area contributed by atoms with Crippen molar-refractivity contribution in [2.75, 3.05) is 18.4 Å². The quantitative estimate of drug-likeness (QED) is 0.509. The molecule has 0 aliphatic heterocycles. The minimum Gasteiger partial charge on any atom is -0.380 e. The molecule has 0 amide bonds. The van der Waals surface area contributed by atoms with Gasteiger partial charge in [0.1, 0.15) is 0 Å². The van der Waals surface area contributed by atoms with Crippen molar-refractivity contribution >= 4 is 5.69 Å². The van der Waals surface area contributed by atoms with Crippen LogP contribution in [-0.2, 0) is 0 Å². The Balaban J connectivity index is 2.55. The van der Waals surface area contributed by atoms with Gasteiger partial charge in [-0.15, -0.1) is 0 Å². The number of hydrogen-bond donors (Lipinski definition) is 2. The van der Waals surface area contributed by atoms with Crippen LogP contribution in [0.25, 0.3) is 0 Å². The Morgan fingerprint density at radius 2 is 2.20 bits per heavy atom. The Hall–Kier alpha value is -1.16. The molecule has 0 aliphatic rings. The van der Waals surface area contributed by atoms with Gasteiger partial charge in [0.15, 0.2) is 0 Å². The van der Waals surface area contributed by atoms with E-state index in [2.05, 4.69) is 5.32 Å². The molecule has 0 atom stereocenters. The molecule has 0 unspecified atom stereocenters. The van der Waals surface area contributed by atoms with E-state index < -0.39 is 10.9 Å². The van der Waals surface area contributed by atoms with Crippen molar-refractivity contribution in [1.82, 2.24) is 0 Å². The molecule has 1 aromatic rings. The maximum atomic E-state index is 10.5. The lowest BCUT2D eigenvalue weighted by atomic mass is 10.2. The van der Waals surface area contributed by atoms with Crippen LogP contribution < -0.4 is 21.9 Å². The van der Waals surface area contributed by atoms with E-state index in [4.69, 9.17) is 5.73 Å². The summed E-state index contributed by atoms with van der Waals surface area (Å²) in [7, 11) is 0. The molecule has 0 fully saturated rings. The van der Waals surface area contributed by atoms with E-state index >= 15 is 0 Å². The Bertz CT molecular complexity index is 285. The van der Waals surface area contributed by atoms with Gasteiger partial charge in [-0.1, -0.05) is 0 Å². The van der Waals surface area contributed by atoms with Crippen molar-refractivity contribution < 1.29 is 0 Å². The number of nitrogens with two attached hydrogens (primary N) is 1. The zero-order valence-corrected chi connectivity index (χ0v) is 5.39. The molecular weight excluding hydrogens is 132 g/mol. The second kappa shape index (κ2) is 2.62. The number of nitrogens with one attached hydrogen (secondary N) is 1. The second-order valence-corrected chi connectivity index (χ2v) is 1.97. The van der Waals surface area contributed by atoms with Gasteiger partial charge in [-0.05, 0) is 0 Å². The zero-order valence-electron chi connectivity index (χ0n) is 5.39. The van der Waals surface area contributed by atoms with Gasteiger partial charge in [-0.2, -0.15) is 0 Å². The molecule has 3 N–H and O–H groups in total. The summed E-state index contributed by atoms with van der Waals surface area (Å²) in [4.78, 5) is 20.9. The summed E-state index contributed by atoms with van der Waals surface area (Å²) in [6.07, 6.45) is 0. The van der Waals surface area contributed by atoms with Crippen LogP contribution in [0.5, 0.6) is 0 Å². The molecule has 4 heteroatoms. The molecule has 0 heterocycles. The highest BCUT2D eigenvalue weighted by molar-refractivity contribution is 5.46. The third kappa shape index (κ3) is 1.06. The first kappa shape index (κ1) is 6.95. The third-order valence-corrected chi connectivity index (χ3v) is 1.20. The van der Waals surface area contributed by atoms with Gasteiger partial charge < -0.3 is 11.1 Å². The van der Waals surface area contributed by atoms with Crippen LogP contribution in [0.3, 0.4) is 0 Å². The van der Waals surface area contributed by atoms with Gasteiger partial charge in [0.2, 0.25) is 10.9 Å².